The molecule has 28 heavy (non-hydrogen) atoms. The Morgan fingerprint density at radius 2 is 1.54 bits per heavy atom. The van der Waals surface area contributed by atoms with E-state index in [1.807, 2.05) is 37.2 Å². The van der Waals surface area contributed by atoms with Gasteiger partial charge in [-0.2, -0.15) is 4.31 Å². The molecule has 0 aromatic heterocycles. The Balaban J connectivity index is 2.20. The Bertz CT molecular complexity index is 839. The highest BCUT2D eigenvalue weighted by Crippen LogP contribution is 2.30. The summed E-state index contributed by atoms with van der Waals surface area (Å²) in [5.41, 5.74) is 1.21. The van der Waals surface area contributed by atoms with E-state index >= 15 is 0 Å². The fourth-order valence-electron chi connectivity index (χ4n) is 2.89. The molecule has 0 aliphatic carbocycles. The average molecular weight is 407 g/mol. The number of hydrogen-bond donors (Lipinski definition) is 0. The van der Waals surface area contributed by atoms with Gasteiger partial charge in [-0.15, -0.1) is 0 Å². The van der Waals surface area contributed by atoms with Crippen LogP contribution in [0.5, 0.6) is 11.5 Å². The van der Waals surface area contributed by atoms with Crippen LogP contribution in [0.15, 0.2) is 53.4 Å². The van der Waals surface area contributed by atoms with Crippen molar-refractivity contribution in [3.8, 4) is 11.5 Å². The van der Waals surface area contributed by atoms with Crippen molar-refractivity contribution in [3.63, 3.8) is 0 Å². The van der Waals surface area contributed by atoms with Gasteiger partial charge in [0.05, 0.1) is 19.1 Å². The molecule has 2 aromatic rings. The van der Waals surface area contributed by atoms with E-state index in [1.165, 1.54) is 25.8 Å². The summed E-state index contributed by atoms with van der Waals surface area (Å²) in [6.45, 7) is 1.54. The summed E-state index contributed by atoms with van der Waals surface area (Å²) < 4.78 is 38.6. The van der Waals surface area contributed by atoms with Crippen molar-refractivity contribution >= 4 is 10.0 Å². The number of nitrogens with zero attached hydrogens (tertiary/aromatic N) is 2. The number of sulfonamides is 1. The van der Waals surface area contributed by atoms with Crippen LogP contribution in [0.3, 0.4) is 0 Å². The molecule has 0 atom stereocenters. The molecule has 0 radical (unpaired) electrons. The monoisotopic (exact) mass is 406 g/mol. The smallest absolute Gasteiger partial charge is 0.243 e. The standard InChI is InChI=1S/C21H30N2O4S/c1-22(2)15-16-23(14-8-11-18-9-6-5-7-10-18)28(24,25)19-12-13-20(26-3)21(17-19)27-4/h5-7,9-10,12-13,17H,8,11,14-16H2,1-4H3. The molecule has 0 heterocycles. The molecule has 0 aliphatic heterocycles. The van der Waals surface area contributed by atoms with Crippen LogP contribution in [-0.2, 0) is 16.4 Å². The first-order chi connectivity index (χ1) is 13.4. The number of benzene rings is 2. The predicted molar refractivity (Wildman–Crippen MR) is 112 cm³/mol. The van der Waals surface area contributed by atoms with Crippen LogP contribution in [-0.4, -0.2) is 65.6 Å². The minimum Gasteiger partial charge on any atom is -0.493 e. The highest BCUT2D eigenvalue weighted by Gasteiger charge is 2.25. The molecule has 0 spiro atoms. The van der Waals surface area contributed by atoms with E-state index in [0.717, 1.165) is 12.8 Å². The van der Waals surface area contributed by atoms with Gasteiger partial charge in [0.15, 0.2) is 11.5 Å². The summed E-state index contributed by atoms with van der Waals surface area (Å²) in [4.78, 5) is 2.19. The first-order valence-electron chi connectivity index (χ1n) is 9.29. The van der Waals surface area contributed by atoms with Gasteiger partial charge in [-0.05, 0) is 44.6 Å². The van der Waals surface area contributed by atoms with Gasteiger partial charge in [0.2, 0.25) is 10.0 Å². The number of rotatable bonds is 11. The van der Waals surface area contributed by atoms with E-state index in [2.05, 4.69) is 12.1 Å². The van der Waals surface area contributed by atoms with Crippen molar-refractivity contribution in [3.05, 3.63) is 54.1 Å². The van der Waals surface area contributed by atoms with Crippen molar-refractivity contribution in [2.75, 3.05) is 47.9 Å². The summed E-state index contributed by atoms with van der Waals surface area (Å²) in [5.74, 6) is 0.908. The zero-order valence-electron chi connectivity index (χ0n) is 17.1. The van der Waals surface area contributed by atoms with Crippen molar-refractivity contribution in [1.29, 1.82) is 0 Å². The van der Waals surface area contributed by atoms with Gasteiger partial charge in [0.25, 0.3) is 0 Å². The molecule has 0 aliphatic rings. The first-order valence-corrected chi connectivity index (χ1v) is 10.7. The Morgan fingerprint density at radius 1 is 0.857 bits per heavy atom. The van der Waals surface area contributed by atoms with Gasteiger partial charge in [-0.1, -0.05) is 30.3 Å². The highest BCUT2D eigenvalue weighted by molar-refractivity contribution is 7.89. The first kappa shape index (κ1) is 22.2. The maximum atomic E-state index is 13.3. The molecule has 2 rings (SSSR count). The topological polar surface area (TPSA) is 59.1 Å². The Labute approximate surface area is 168 Å². The van der Waals surface area contributed by atoms with Gasteiger partial charge < -0.3 is 14.4 Å². The van der Waals surface area contributed by atoms with E-state index in [4.69, 9.17) is 9.47 Å². The quantitative estimate of drug-likeness (QED) is 0.574. The second-order valence-corrected chi connectivity index (χ2v) is 8.75. The molecule has 0 bridgehead atoms. The average Bonchev–Trinajstić information content (AvgIpc) is 2.70. The second-order valence-electron chi connectivity index (χ2n) is 6.81. The molecule has 0 N–H and O–H groups in total. The third-order valence-electron chi connectivity index (χ3n) is 4.51. The summed E-state index contributed by atoms with van der Waals surface area (Å²) in [6.07, 6.45) is 1.59. The van der Waals surface area contributed by atoms with E-state index in [-0.39, 0.29) is 4.90 Å². The SMILES string of the molecule is COc1ccc(S(=O)(=O)N(CCCc2ccccc2)CCN(C)C)cc1OC. The van der Waals surface area contributed by atoms with Crippen LogP contribution >= 0.6 is 0 Å². The van der Waals surface area contributed by atoms with E-state index < -0.39 is 10.0 Å². The molecule has 7 heteroatoms. The number of hydrogen-bond acceptors (Lipinski definition) is 5. The molecule has 0 saturated heterocycles. The summed E-state index contributed by atoms with van der Waals surface area (Å²) in [6, 6.07) is 14.8. The van der Waals surface area contributed by atoms with Crippen LogP contribution in [0.2, 0.25) is 0 Å². The van der Waals surface area contributed by atoms with Gasteiger partial charge in [-0.25, -0.2) is 8.42 Å². The highest BCUT2D eigenvalue weighted by atomic mass is 32.2. The maximum Gasteiger partial charge on any atom is 0.243 e. The van der Waals surface area contributed by atoms with Crippen molar-refractivity contribution in [2.24, 2.45) is 0 Å². The molecule has 0 fully saturated rings. The van der Waals surface area contributed by atoms with Crippen molar-refractivity contribution in [1.82, 2.24) is 9.21 Å². The Morgan fingerprint density at radius 3 is 2.14 bits per heavy atom. The van der Waals surface area contributed by atoms with E-state index in [9.17, 15) is 8.42 Å². The largest absolute Gasteiger partial charge is 0.493 e. The number of methoxy groups -OCH3 is 2. The molecule has 0 unspecified atom stereocenters. The van der Waals surface area contributed by atoms with Gasteiger partial charge in [0.1, 0.15) is 0 Å². The Hall–Kier alpha value is -2.09. The third-order valence-corrected chi connectivity index (χ3v) is 6.40. The second kappa shape index (κ2) is 10.5. The minimum atomic E-state index is -3.64. The maximum absolute atomic E-state index is 13.3. The normalized spacial score (nSPS) is 11.8. The zero-order valence-corrected chi connectivity index (χ0v) is 17.9. The van der Waals surface area contributed by atoms with Crippen LogP contribution in [0.4, 0.5) is 0 Å². The van der Waals surface area contributed by atoms with Crippen molar-refractivity contribution < 1.29 is 17.9 Å². The fraction of sp³-hybridized carbons (Fsp3) is 0.429. The summed E-state index contributed by atoms with van der Waals surface area (Å²) >= 11 is 0. The lowest BCUT2D eigenvalue weighted by Crippen LogP contribution is -2.37. The van der Waals surface area contributed by atoms with Crippen LogP contribution in [0.25, 0.3) is 0 Å². The lowest BCUT2D eigenvalue weighted by Gasteiger charge is -2.24. The number of aryl methyl sites for hydroxylation is 1. The lowest BCUT2D eigenvalue weighted by atomic mass is 10.1. The van der Waals surface area contributed by atoms with Gasteiger partial charge in [0, 0.05) is 25.7 Å². The number of ether oxygens (including phenoxy) is 2. The lowest BCUT2D eigenvalue weighted by molar-refractivity contribution is 0.330. The molecular weight excluding hydrogens is 376 g/mol. The minimum absolute atomic E-state index is 0.212. The van der Waals surface area contributed by atoms with Crippen LogP contribution in [0, 0.1) is 0 Å². The molecule has 6 nitrogen and oxygen atoms in total. The van der Waals surface area contributed by atoms with Gasteiger partial charge >= 0.3 is 0 Å². The predicted octanol–water partition coefficient (Wildman–Crippen LogP) is 2.89. The van der Waals surface area contributed by atoms with Gasteiger partial charge in [-0.3, -0.25) is 0 Å². The molecule has 0 amide bonds. The van der Waals surface area contributed by atoms with Crippen LogP contribution in [0.1, 0.15) is 12.0 Å². The summed E-state index contributed by atoms with van der Waals surface area (Å²) in [7, 11) is 3.26. The zero-order chi connectivity index (χ0) is 20.6. The van der Waals surface area contributed by atoms with E-state index in [0.29, 0.717) is 31.1 Å². The van der Waals surface area contributed by atoms with Crippen molar-refractivity contribution in [2.45, 2.75) is 17.7 Å². The molecule has 0 saturated carbocycles. The number of likely N-dealkylation sites (N-methyl/N-ethyl adjacent to an activating group) is 1. The molecular formula is C21H30N2O4S. The molecule has 154 valence electrons. The Kier molecular flexibility index (Phi) is 8.29. The van der Waals surface area contributed by atoms with Crippen LogP contribution < -0.4 is 9.47 Å². The fourth-order valence-corrected chi connectivity index (χ4v) is 4.38. The van der Waals surface area contributed by atoms with E-state index in [1.54, 1.807) is 16.4 Å². The third kappa shape index (κ3) is 5.95. The summed E-state index contributed by atoms with van der Waals surface area (Å²) in [5, 5.41) is 0. The molecule has 2 aromatic carbocycles.